The fourth-order valence-electron chi connectivity index (χ4n) is 0.965. The molecule has 0 saturated heterocycles. The molecule has 12 heavy (non-hydrogen) atoms. The summed E-state index contributed by atoms with van der Waals surface area (Å²) in [6.45, 7) is 3.87. The van der Waals surface area contributed by atoms with Crippen molar-refractivity contribution in [3.05, 3.63) is 0 Å². The van der Waals surface area contributed by atoms with E-state index in [4.69, 9.17) is 4.74 Å². The third-order valence-corrected chi connectivity index (χ3v) is 1.61. The van der Waals surface area contributed by atoms with E-state index in [0.717, 1.165) is 32.5 Å². The SMILES string of the molecule is CCOCCCCCCOC[O]. The summed E-state index contributed by atoms with van der Waals surface area (Å²) in [6, 6.07) is 0. The quantitative estimate of drug-likeness (QED) is 0.397. The smallest absolute Gasteiger partial charge is 0.180 e. The predicted molar refractivity (Wildman–Crippen MR) is 46.5 cm³/mol. The third-order valence-electron chi connectivity index (χ3n) is 1.61. The van der Waals surface area contributed by atoms with Crippen LogP contribution in [0, 0.1) is 0 Å². The molecule has 0 fully saturated rings. The summed E-state index contributed by atoms with van der Waals surface area (Å²) in [4.78, 5) is 0. The Morgan fingerprint density at radius 3 is 2.00 bits per heavy atom. The number of hydrogen-bond donors (Lipinski definition) is 0. The van der Waals surface area contributed by atoms with E-state index >= 15 is 0 Å². The van der Waals surface area contributed by atoms with E-state index in [0.29, 0.717) is 6.61 Å². The number of ether oxygens (including phenoxy) is 2. The maximum absolute atomic E-state index is 9.86. The summed E-state index contributed by atoms with van der Waals surface area (Å²) in [5, 5.41) is 9.86. The van der Waals surface area contributed by atoms with Gasteiger partial charge in [0.2, 0.25) is 0 Å². The van der Waals surface area contributed by atoms with Crippen molar-refractivity contribution in [2.24, 2.45) is 0 Å². The highest BCUT2D eigenvalue weighted by Gasteiger charge is 1.90. The van der Waals surface area contributed by atoms with Gasteiger partial charge in [0.05, 0.1) is 0 Å². The Balaban J connectivity index is 2.73. The van der Waals surface area contributed by atoms with E-state index in [1.54, 1.807) is 0 Å². The average Bonchev–Trinajstić information content (AvgIpc) is 2.10. The fraction of sp³-hybridized carbons (Fsp3) is 1.00. The lowest BCUT2D eigenvalue weighted by Crippen LogP contribution is -1.96. The first-order valence-corrected chi connectivity index (χ1v) is 4.65. The van der Waals surface area contributed by atoms with Crippen molar-refractivity contribution in [1.82, 2.24) is 0 Å². The van der Waals surface area contributed by atoms with Crippen molar-refractivity contribution >= 4 is 0 Å². The summed E-state index contributed by atoms with van der Waals surface area (Å²) in [5.41, 5.74) is 0. The topological polar surface area (TPSA) is 38.4 Å². The van der Waals surface area contributed by atoms with Gasteiger partial charge in [-0.05, 0) is 19.8 Å². The minimum Gasteiger partial charge on any atom is -0.382 e. The van der Waals surface area contributed by atoms with Crippen LogP contribution in [0.5, 0.6) is 0 Å². The molecule has 73 valence electrons. The van der Waals surface area contributed by atoms with Crippen LogP contribution in [-0.4, -0.2) is 26.6 Å². The summed E-state index contributed by atoms with van der Waals surface area (Å²) in [7, 11) is 0. The predicted octanol–water partition coefficient (Wildman–Crippen LogP) is 1.99. The molecule has 0 aliphatic rings. The van der Waals surface area contributed by atoms with Gasteiger partial charge in [-0.25, -0.2) is 5.11 Å². The van der Waals surface area contributed by atoms with E-state index in [2.05, 4.69) is 4.74 Å². The Bertz CT molecular complexity index is 66.2. The molecule has 0 bridgehead atoms. The molecular weight excluding hydrogens is 156 g/mol. The third kappa shape index (κ3) is 9.88. The minimum atomic E-state index is -0.404. The summed E-state index contributed by atoms with van der Waals surface area (Å²) >= 11 is 0. The van der Waals surface area contributed by atoms with Crippen LogP contribution in [0.3, 0.4) is 0 Å². The zero-order valence-electron chi connectivity index (χ0n) is 7.88. The highest BCUT2D eigenvalue weighted by Crippen LogP contribution is 2.00. The zero-order chi connectivity index (χ0) is 9.07. The second-order valence-corrected chi connectivity index (χ2v) is 2.64. The molecule has 0 aliphatic carbocycles. The van der Waals surface area contributed by atoms with Crippen molar-refractivity contribution < 1.29 is 14.6 Å². The van der Waals surface area contributed by atoms with Crippen molar-refractivity contribution in [3.63, 3.8) is 0 Å². The van der Waals surface area contributed by atoms with E-state index in [1.165, 1.54) is 6.42 Å². The molecule has 0 aliphatic heterocycles. The van der Waals surface area contributed by atoms with E-state index in [-0.39, 0.29) is 0 Å². The lowest BCUT2D eigenvalue weighted by atomic mass is 10.2. The van der Waals surface area contributed by atoms with E-state index in [9.17, 15) is 5.11 Å². The number of hydrogen-bond acceptors (Lipinski definition) is 2. The Morgan fingerprint density at radius 2 is 1.50 bits per heavy atom. The maximum Gasteiger partial charge on any atom is 0.180 e. The van der Waals surface area contributed by atoms with Gasteiger partial charge >= 0.3 is 0 Å². The largest absolute Gasteiger partial charge is 0.382 e. The molecule has 0 aromatic carbocycles. The number of rotatable bonds is 9. The Morgan fingerprint density at radius 1 is 0.917 bits per heavy atom. The van der Waals surface area contributed by atoms with Gasteiger partial charge in [0.15, 0.2) is 6.79 Å². The lowest BCUT2D eigenvalue weighted by molar-refractivity contribution is -0.0447. The molecule has 0 spiro atoms. The zero-order valence-corrected chi connectivity index (χ0v) is 7.88. The lowest BCUT2D eigenvalue weighted by Gasteiger charge is -2.01. The molecule has 0 heterocycles. The monoisotopic (exact) mass is 175 g/mol. The van der Waals surface area contributed by atoms with Crippen LogP contribution < -0.4 is 0 Å². The van der Waals surface area contributed by atoms with E-state index < -0.39 is 6.79 Å². The van der Waals surface area contributed by atoms with Crippen LogP contribution in [0.2, 0.25) is 0 Å². The van der Waals surface area contributed by atoms with Crippen molar-refractivity contribution in [2.45, 2.75) is 32.6 Å². The molecule has 0 aromatic rings. The second-order valence-electron chi connectivity index (χ2n) is 2.64. The van der Waals surface area contributed by atoms with Crippen molar-refractivity contribution in [1.29, 1.82) is 0 Å². The van der Waals surface area contributed by atoms with Crippen molar-refractivity contribution in [3.8, 4) is 0 Å². The summed E-state index contributed by atoms with van der Waals surface area (Å²) < 4.78 is 9.85. The van der Waals surface area contributed by atoms with Crippen LogP contribution in [0.1, 0.15) is 32.6 Å². The average molecular weight is 175 g/mol. The van der Waals surface area contributed by atoms with Crippen molar-refractivity contribution in [2.75, 3.05) is 26.6 Å². The van der Waals surface area contributed by atoms with Crippen LogP contribution in [0.15, 0.2) is 0 Å². The normalized spacial score (nSPS) is 10.5. The molecule has 3 nitrogen and oxygen atoms in total. The maximum atomic E-state index is 9.86. The molecule has 0 atom stereocenters. The molecule has 0 aromatic heterocycles. The van der Waals surface area contributed by atoms with Crippen LogP contribution in [0.4, 0.5) is 0 Å². The molecular formula is C9H19O3. The first kappa shape index (κ1) is 11.9. The fourth-order valence-corrected chi connectivity index (χ4v) is 0.965. The Labute approximate surface area is 74.7 Å². The molecule has 0 amide bonds. The van der Waals surface area contributed by atoms with Gasteiger partial charge in [0.1, 0.15) is 0 Å². The van der Waals surface area contributed by atoms with Gasteiger partial charge in [-0.3, -0.25) is 0 Å². The van der Waals surface area contributed by atoms with Crippen LogP contribution in [-0.2, 0) is 14.6 Å². The molecule has 3 heteroatoms. The highest BCUT2D eigenvalue weighted by molar-refractivity contribution is 4.41. The van der Waals surface area contributed by atoms with E-state index in [1.807, 2.05) is 6.92 Å². The molecule has 0 unspecified atom stereocenters. The molecule has 0 saturated carbocycles. The Hall–Kier alpha value is -0.120. The standard InChI is InChI=1S/C9H19O3/c1-2-11-7-5-3-4-6-8-12-9-10/h2-9H2,1H3. The van der Waals surface area contributed by atoms with Crippen LogP contribution >= 0.6 is 0 Å². The van der Waals surface area contributed by atoms with Crippen LogP contribution in [0.25, 0.3) is 0 Å². The first-order valence-electron chi connectivity index (χ1n) is 4.65. The summed E-state index contributed by atoms with van der Waals surface area (Å²) in [6.07, 6.45) is 4.41. The Kier molecular flexibility index (Phi) is 10.8. The number of unbranched alkanes of at least 4 members (excludes halogenated alkanes) is 3. The second kappa shape index (κ2) is 10.9. The van der Waals surface area contributed by atoms with Gasteiger partial charge < -0.3 is 9.47 Å². The highest BCUT2D eigenvalue weighted by atomic mass is 16.6. The molecule has 0 N–H and O–H groups in total. The van der Waals surface area contributed by atoms with Gasteiger partial charge in [-0.1, -0.05) is 12.8 Å². The first-order chi connectivity index (χ1) is 5.91. The van der Waals surface area contributed by atoms with Gasteiger partial charge in [-0.15, -0.1) is 0 Å². The van der Waals surface area contributed by atoms with Gasteiger partial charge in [-0.2, -0.15) is 0 Å². The minimum absolute atomic E-state index is 0.404. The molecule has 1 radical (unpaired) electrons. The summed E-state index contributed by atoms with van der Waals surface area (Å²) in [5.74, 6) is 0. The van der Waals surface area contributed by atoms with Gasteiger partial charge in [0, 0.05) is 19.8 Å². The molecule has 0 rings (SSSR count). The van der Waals surface area contributed by atoms with Gasteiger partial charge in [0.25, 0.3) is 0 Å².